The summed E-state index contributed by atoms with van der Waals surface area (Å²) in [6, 6.07) is 2.33. The molecular weight excluding hydrogens is 494 g/mol. The van der Waals surface area contributed by atoms with Gasteiger partial charge >= 0.3 is 6.09 Å². The number of hydrogen-bond donors (Lipinski definition) is 1. The lowest BCUT2D eigenvalue weighted by atomic mass is 9.92. The molecule has 0 saturated carbocycles. The van der Waals surface area contributed by atoms with Gasteiger partial charge in [-0.1, -0.05) is 0 Å². The Balaban J connectivity index is 1.36. The van der Waals surface area contributed by atoms with Crippen LogP contribution >= 0.6 is 0 Å². The number of aromatic nitrogens is 2. The molecule has 1 amide bonds. The van der Waals surface area contributed by atoms with Gasteiger partial charge in [-0.25, -0.2) is 22.0 Å². The molecule has 1 aromatic carbocycles. The van der Waals surface area contributed by atoms with Crippen LogP contribution in [0, 0.1) is 11.6 Å². The van der Waals surface area contributed by atoms with E-state index < -0.39 is 45.5 Å². The summed E-state index contributed by atoms with van der Waals surface area (Å²) in [6.45, 7) is 6.39. The molecular formula is C24H30F2N4O5S. The molecule has 4 heterocycles. The van der Waals surface area contributed by atoms with Crippen LogP contribution in [0.1, 0.15) is 62.2 Å². The molecule has 12 heteroatoms. The molecule has 1 aromatic heterocycles. The zero-order valence-corrected chi connectivity index (χ0v) is 21.3. The monoisotopic (exact) mass is 524 g/mol. The highest BCUT2D eigenvalue weighted by Gasteiger charge is 2.41. The Kier molecular flexibility index (Phi) is 6.32. The van der Waals surface area contributed by atoms with Gasteiger partial charge in [-0.2, -0.15) is 9.19 Å². The number of carbonyl (C=O) groups is 1. The number of benzene rings is 1. The van der Waals surface area contributed by atoms with Crippen LogP contribution in [0.5, 0.6) is 0 Å². The largest absolute Gasteiger partial charge is 0.444 e. The predicted octanol–water partition coefficient (Wildman–Crippen LogP) is 3.02. The molecule has 0 aliphatic carbocycles. The van der Waals surface area contributed by atoms with Gasteiger partial charge in [0.15, 0.2) is 0 Å². The van der Waals surface area contributed by atoms with E-state index >= 15 is 0 Å². The minimum Gasteiger partial charge on any atom is -0.444 e. The molecule has 1 N–H and O–H groups in total. The van der Waals surface area contributed by atoms with E-state index in [-0.39, 0.29) is 24.0 Å². The van der Waals surface area contributed by atoms with E-state index in [0.29, 0.717) is 32.4 Å². The summed E-state index contributed by atoms with van der Waals surface area (Å²) in [4.78, 5) is 14.7. The Morgan fingerprint density at radius 1 is 1.25 bits per heavy atom. The maximum absolute atomic E-state index is 14.6. The van der Waals surface area contributed by atoms with Crippen molar-refractivity contribution in [2.45, 2.75) is 76.9 Å². The van der Waals surface area contributed by atoms with Gasteiger partial charge in [0.25, 0.3) is 10.0 Å². The molecule has 2 aromatic rings. The third kappa shape index (κ3) is 4.85. The fraction of sp³-hybridized carbons (Fsp3) is 0.583. The van der Waals surface area contributed by atoms with Crippen LogP contribution in [-0.2, 0) is 39.0 Å². The molecule has 9 nitrogen and oxygen atoms in total. The number of rotatable bonds is 3. The van der Waals surface area contributed by atoms with Crippen LogP contribution in [0.3, 0.4) is 0 Å². The Morgan fingerprint density at radius 3 is 2.78 bits per heavy atom. The van der Waals surface area contributed by atoms with Crippen LogP contribution in [0.2, 0.25) is 0 Å². The first-order valence-electron chi connectivity index (χ1n) is 12.0. The molecule has 3 atom stereocenters. The van der Waals surface area contributed by atoms with Crippen LogP contribution in [-0.4, -0.2) is 58.6 Å². The summed E-state index contributed by atoms with van der Waals surface area (Å²) < 4.78 is 66.0. The van der Waals surface area contributed by atoms with Gasteiger partial charge in [-0.05, 0) is 58.2 Å². The molecule has 5 rings (SSSR count). The highest BCUT2D eigenvalue weighted by molar-refractivity contribution is 7.89. The minimum absolute atomic E-state index is 0.0326. The smallest absolute Gasteiger partial charge is 0.407 e. The van der Waals surface area contributed by atoms with Gasteiger partial charge in [-0.3, -0.25) is 4.90 Å². The normalized spacial score (nSPS) is 25.8. The Bertz CT molecular complexity index is 1290. The number of nitrogens with one attached hydrogen (secondary N) is 1. The Morgan fingerprint density at radius 2 is 2.03 bits per heavy atom. The van der Waals surface area contributed by atoms with E-state index in [1.807, 2.05) is 0 Å². The highest BCUT2D eigenvalue weighted by Crippen LogP contribution is 2.37. The van der Waals surface area contributed by atoms with Crippen LogP contribution in [0.4, 0.5) is 13.6 Å². The lowest BCUT2D eigenvalue weighted by Gasteiger charge is -2.40. The van der Waals surface area contributed by atoms with Crippen molar-refractivity contribution in [1.82, 2.24) is 19.4 Å². The second-order valence-corrected chi connectivity index (χ2v) is 12.5. The summed E-state index contributed by atoms with van der Waals surface area (Å²) in [6.07, 6.45) is 0.0487. The topological polar surface area (TPSA) is 103 Å². The lowest BCUT2D eigenvalue weighted by molar-refractivity contribution is -0.0629. The van der Waals surface area contributed by atoms with E-state index in [1.165, 1.54) is 4.09 Å². The minimum atomic E-state index is -3.41. The first-order chi connectivity index (χ1) is 16.9. The van der Waals surface area contributed by atoms with Gasteiger partial charge in [0.2, 0.25) is 0 Å². The van der Waals surface area contributed by atoms with Gasteiger partial charge < -0.3 is 14.8 Å². The fourth-order valence-electron chi connectivity index (χ4n) is 5.22. The number of ether oxygens (including phenoxy) is 2. The second kappa shape index (κ2) is 9.07. The first-order valence-corrected chi connectivity index (χ1v) is 13.7. The molecule has 1 saturated heterocycles. The molecule has 196 valence electrons. The Labute approximate surface area is 208 Å². The van der Waals surface area contributed by atoms with Crippen molar-refractivity contribution in [2.24, 2.45) is 0 Å². The second-order valence-electron chi connectivity index (χ2n) is 10.6. The maximum Gasteiger partial charge on any atom is 0.407 e. The standard InChI is InChI=1S/C24H30F2N4O5S/c1-24(2,3)35-23(31)27-19-10-15(13-34-22(19)16-9-14(25)6-7-18(16)26)29-11-17-20(12-29)28-30-21(17)5-4-8-36(30,32)33/h6-7,9,15,19,22H,4-5,8,10-13H2,1-3H3,(H,27,31). The fourth-order valence-corrected chi connectivity index (χ4v) is 6.66. The maximum atomic E-state index is 14.6. The van der Waals surface area contributed by atoms with Crippen molar-refractivity contribution in [3.63, 3.8) is 0 Å². The van der Waals surface area contributed by atoms with Gasteiger partial charge in [0, 0.05) is 30.3 Å². The predicted molar refractivity (Wildman–Crippen MR) is 126 cm³/mol. The third-order valence-corrected chi connectivity index (χ3v) is 8.41. The van der Waals surface area contributed by atoms with Gasteiger partial charge in [0.1, 0.15) is 23.3 Å². The number of alkyl carbamates (subject to hydrolysis) is 1. The first kappa shape index (κ1) is 25.1. The Hall–Kier alpha value is -2.57. The summed E-state index contributed by atoms with van der Waals surface area (Å²) in [7, 11) is -3.41. The van der Waals surface area contributed by atoms with Crippen molar-refractivity contribution in [3.8, 4) is 0 Å². The number of hydrogen-bond acceptors (Lipinski definition) is 7. The summed E-state index contributed by atoms with van der Waals surface area (Å²) in [5.41, 5.74) is 1.69. The average Bonchev–Trinajstić information content (AvgIpc) is 3.34. The summed E-state index contributed by atoms with van der Waals surface area (Å²) in [5.74, 6) is -1.12. The van der Waals surface area contributed by atoms with Gasteiger partial charge in [-0.15, -0.1) is 0 Å². The highest BCUT2D eigenvalue weighted by atomic mass is 32.2. The van der Waals surface area contributed by atoms with Gasteiger partial charge in [0.05, 0.1) is 29.8 Å². The zero-order valence-electron chi connectivity index (χ0n) is 20.5. The SMILES string of the molecule is CC(C)(C)OC(=O)NC1CC(N2Cc3nn4c(c3C2)CCCS4(=O)=O)COC1c1cc(F)ccc1F. The van der Waals surface area contributed by atoms with Crippen molar-refractivity contribution >= 4 is 16.1 Å². The van der Waals surface area contributed by atoms with E-state index in [1.54, 1.807) is 20.8 Å². The summed E-state index contributed by atoms with van der Waals surface area (Å²) >= 11 is 0. The molecule has 0 spiro atoms. The number of fused-ring (bicyclic) bond motifs is 3. The third-order valence-electron chi connectivity index (χ3n) is 6.78. The van der Waals surface area contributed by atoms with Crippen molar-refractivity contribution in [3.05, 3.63) is 52.3 Å². The van der Waals surface area contributed by atoms with Crippen molar-refractivity contribution in [1.29, 1.82) is 0 Å². The zero-order chi connectivity index (χ0) is 25.8. The van der Waals surface area contributed by atoms with Crippen molar-refractivity contribution < 1.29 is 31.5 Å². The number of carbonyl (C=O) groups excluding carboxylic acids is 1. The van der Waals surface area contributed by atoms with Crippen LogP contribution in [0.25, 0.3) is 0 Å². The average molecular weight is 525 g/mol. The molecule has 0 bridgehead atoms. The van der Waals surface area contributed by atoms with Crippen LogP contribution < -0.4 is 5.32 Å². The molecule has 0 radical (unpaired) electrons. The van der Waals surface area contributed by atoms with Crippen molar-refractivity contribution in [2.75, 3.05) is 12.4 Å². The van der Waals surface area contributed by atoms with E-state index in [2.05, 4.69) is 15.3 Å². The molecule has 3 aliphatic rings. The molecule has 36 heavy (non-hydrogen) atoms. The molecule has 3 unspecified atom stereocenters. The molecule has 3 aliphatic heterocycles. The lowest BCUT2D eigenvalue weighted by Crippen LogP contribution is -2.52. The van der Waals surface area contributed by atoms with E-state index in [9.17, 15) is 22.0 Å². The number of nitrogens with zero attached hydrogens (tertiary/aromatic N) is 3. The number of amides is 1. The quantitative estimate of drug-likeness (QED) is 0.659. The number of halogens is 2. The summed E-state index contributed by atoms with van der Waals surface area (Å²) in [5, 5.41) is 7.18. The van der Waals surface area contributed by atoms with Crippen LogP contribution in [0.15, 0.2) is 18.2 Å². The van der Waals surface area contributed by atoms with E-state index in [4.69, 9.17) is 9.47 Å². The molecule has 1 fully saturated rings. The van der Waals surface area contributed by atoms with E-state index in [0.717, 1.165) is 35.2 Å².